The van der Waals surface area contributed by atoms with Gasteiger partial charge in [-0.3, -0.25) is 13.6 Å². The van der Waals surface area contributed by atoms with E-state index in [1.165, 1.54) is 7.11 Å². The fourth-order valence-corrected chi connectivity index (χ4v) is 5.00. The Labute approximate surface area is 138 Å². The van der Waals surface area contributed by atoms with Crippen LogP contribution >= 0.6 is 15.4 Å². The van der Waals surface area contributed by atoms with Gasteiger partial charge in [-0.2, -0.15) is 0 Å². The SMILES string of the molecule is B[C@@H]1C[C@H](CCP(=O)(O)O)[C@@H](OC)[C@H]1OP(=O)(O)OC(C)(C)C. The summed E-state index contributed by atoms with van der Waals surface area (Å²) in [6.45, 7) is 4.94. The fraction of sp³-hybridized carbons (Fsp3) is 1.00. The first-order valence-corrected chi connectivity index (χ1v) is 10.8. The first-order valence-electron chi connectivity index (χ1n) is 7.53. The minimum absolute atomic E-state index is 0.0919. The molecule has 0 radical (unpaired) electrons. The van der Waals surface area contributed by atoms with Gasteiger partial charge in [-0.25, -0.2) is 4.57 Å². The van der Waals surface area contributed by atoms with E-state index in [-0.39, 0.29) is 24.3 Å². The van der Waals surface area contributed by atoms with E-state index in [1.807, 2.05) is 7.85 Å². The zero-order chi connectivity index (χ0) is 18.1. The summed E-state index contributed by atoms with van der Waals surface area (Å²) in [6, 6.07) is 0. The summed E-state index contributed by atoms with van der Waals surface area (Å²) in [4.78, 5) is 28.0. The molecule has 8 nitrogen and oxygen atoms in total. The number of ether oxygens (including phenoxy) is 1. The van der Waals surface area contributed by atoms with Gasteiger partial charge in [-0.1, -0.05) is 0 Å². The molecule has 0 amide bonds. The molecule has 0 aromatic heterocycles. The predicted octanol–water partition coefficient (Wildman–Crippen LogP) is 1.31. The Morgan fingerprint density at radius 1 is 1.17 bits per heavy atom. The highest BCUT2D eigenvalue weighted by atomic mass is 31.2. The van der Waals surface area contributed by atoms with Crippen molar-refractivity contribution >= 4 is 23.3 Å². The molecule has 1 aliphatic rings. The lowest BCUT2D eigenvalue weighted by molar-refractivity contribution is -0.0280. The molecule has 3 N–H and O–H groups in total. The van der Waals surface area contributed by atoms with Gasteiger partial charge in [0.25, 0.3) is 0 Å². The average Bonchev–Trinajstić information content (AvgIpc) is 2.58. The van der Waals surface area contributed by atoms with E-state index in [0.717, 1.165) is 0 Å². The highest BCUT2D eigenvalue weighted by molar-refractivity contribution is 7.51. The van der Waals surface area contributed by atoms with Gasteiger partial charge < -0.3 is 19.4 Å². The van der Waals surface area contributed by atoms with Crippen molar-refractivity contribution in [2.75, 3.05) is 13.3 Å². The first-order chi connectivity index (χ1) is 10.2. The Kier molecular flexibility index (Phi) is 7.11. The molecule has 0 aromatic carbocycles. The summed E-state index contributed by atoms with van der Waals surface area (Å²) >= 11 is 0. The van der Waals surface area contributed by atoms with E-state index in [9.17, 15) is 14.0 Å². The van der Waals surface area contributed by atoms with Crippen molar-refractivity contribution in [1.82, 2.24) is 0 Å². The quantitative estimate of drug-likeness (QED) is 0.452. The second-order valence-electron chi connectivity index (χ2n) is 7.09. The topological polar surface area (TPSA) is 123 Å². The van der Waals surface area contributed by atoms with Crippen LogP contribution in [0, 0.1) is 5.92 Å². The summed E-state index contributed by atoms with van der Waals surface area (Å²) in [7, 11) is -5.04. The average molecular weight is 372 g/mol. The van der Waals surface area contributed by atoms with E-state index < -0.39 is 33.2 Å². The maximum Gasteiger partial charge on any atom is 0.473 e. The van der Waals surface area contributed by atoms with Gasteiger partial charge in [0.15, 0.2) is 0 Å². The number of methoxy groups -OCH3 is 1. The van der Waals surface area contributed by atoms with E-state index in [0.29, 0.717) is 6.42 Å². The van der Waals surface area contributed by atoms with Crippen molar-refractivity contribution in [3.8, 4) is 0 Å². The lowest BCUT2D eigenvalue weighted by atomic mass is 9.83. The predicted molar refractivity (Wildman–Crippen MR) is 88.3 cm³/mol. The van der Waals surface area contributed by atoms with Crippen LogP contribution in [0.2, 0.25) is 5.82 Å². The van der Waals surface area contributed by atoms with Crippen LogP contribution in [0.1, 0.15) is 33.6 Å². The number of phosphoric acid groups is 1. The molecule has 1 unspecified atom stereocenters. The number of hydrogen-bond acceptors (Lipinski definition) is 5. The molecule has 0 saturated heterocycles. The summed E-state index contributed by atoms with van der Waals surface area (Å²) in [5.74, 6) is -0.243. The van der Waals surface area contributed by atoms with Crippen LogP contribution in [-0.4, -0.2) is 53.6 Å². The van der Waals surface area contributed by atoms with E-state index in [4.69, 9.17) is 23.6 Å². The Bertz CT molecular complexity index is 488. The van der Waals surface area contributed by atoms with E-state index in [1.54, 1.807) is 20.8 Å². The zero-order valence-electron chi connectivity index (χ0n) is 14.2. The Morgan fingerprint density at radius 3 is 2.17 bits per heavy atom. The molecule has 1 aliphatic carbocycles. The molecule has 136 valence electrons. The lowest BCUT2D eigenvalue weighted by Gasteiger charge is -2.29. The third-order valence-electron chi connectivity index (χ3n) is 3.73. The maximum atomic E-state index is 12.1. The van der Waals surface area contributed by atoms with Crippen molar-refractivity contribution in [1.29, 1.82) is 0 Å². The van der Waals surface area contributed by atoms with E-state index >= 15 is 0 Å². The van der Waals surface area contributed by atoms with Crippen molar-refractivity contribution in [2.24, 2.45) is 5.92 Å². The molecular formula is C12H27BO8P2. The second-order valence-corrected chi connectivity index (χ2v) is 10.2. The Morgan fingerprint density at radius 2 is 1.74 bits per heavy atom. The normalized spacial score (nSPS) is 32.0. The standard InChI is InChI=1S/C12H27BO8P2/c1-12(2,3)21-23(17,18)20-11-9(13)7-8(10(11)19-4)5-6-22(14,15)16/h8-11H,5-7,13H2,1-4H3,(H,17,18)(H2,14,15,16)/t8-,9+,10+,11-/m0/s1. The summed E-state index contributed by atoms with van der Waals surface area (Å²) < 4.78 is 39.0. The van der Waals surface area contributed by atoms with Crippen LogP contribution in [0.5, 0.6) is 0 Å². The molecule has 11 heteroatoms. The highest BCUT2D eigenvalue weighted by Crippen LogP contribution is 2.53. The smallest absolute Gasteiger partial charge is 0.378 e. The summed E-state index contributed by atoms with van der Waals surface area (Å²) in [5.41, 5.74) is -0.839. The Hall–Kier alpha value is 0.285. The molecule has 1 fully saturated rings. The van der Waals surface area contributed by atoms with Gasteiger partial charge in [0.1, 0.15) is 7.85 Å². The van der Waals surface area contributed by atoms with Crippen molar-refractivity contribution < 1.29 is 37.6 Å². The molecule has 1 rings (SSSR count). The molecule has 1 saturated carbocycles. The molecule has 0 bridgehead atoms. The zero-order valence-corrected chi connectivity index (χ0v) is 16.0. The minimum Gasteiger partial charge on any atom is -0.378 e. The third kappa shape index (κ3) is 7.37. The number of hydrogen-bond donors (Lipinski definition) is 3. The van der Waals surface area contributed by atoms with Crippen LogP contribution < -0.4 is 0 Å². The van der Waals surface area contributed by atoms with Crippen molar-refractivity contribution in [2.45, 2.75) is 57.2 Å². The van der Waals surface area contributed by atoms with Crippen LogP contribution in [0.15, 0.2) is 0 Å². The second kappa shape index (κ2) is 7.67. The van der Waals surface area contributed by atoms with Crippen LogP contribution in [0.3, 0.4) is 0 Å². The summed E-state index contributed by atoms with van der Waals surface area (Å²) in [6.07, 6.45) is -0.561. The highest BCUT2D eigenvalue weighted by Gasteiger charge is 2.46. The van der Waals surface area contributed by atoms with Gasteiger partial charge in [0, 0.05) is 7.11 Å². The van der Waals surface area contributed by atoms with Gasteiger partial charge in [-0.05, 0) is 45.3 Å². The van der Waals surface area contributed by atoms with Gasteiger partial charge in [-0.15, -0.1) is 0 Å². The van der Waals surface area contributed by atoms with Crippen molar-refractivity contribution in [3.63, 3.8) is 0 Å². The monoisotopic (exact) mass is 372 g/mol. The molecular weight excluding hydrogens is 345 g/mol. The number of phosphoric ester groups is 1. The summed E-state index contributed by atoms with van der Waals surface area (Å²) in [5, 5.41) is 0. The van der Waals surface area contributed by atoms with Crippen molar-refractivity contribution in [3.05, 3.63) is 0 Å². The molecule has 5 atom stereocenters. The van der Waals surface area contributed by atoms with Gasteiger partial charge >= 0.3 is 15.4 Å². The van der Waals surface area contributed by atoms with Crippen LogP contribution in [0.4, 0.5) is 0 Å². The minimum atomic E-state index is -4.26. The molecule has 23 heavy (non-hydrogen) atoms. The first kappa shape index (κ1) is 21.3. The lowest BCUT2D eigenvalue weighted by Crippen LogP contribution is -2.32. The largest absolute Gasteiger partial charge is 0.473 e. The van der Waals surface area contributed by atoms with Gasteiger partial charge in [0.2, 0.25) is 0 Å². The Balaban J connectivity index is 2.78. The molecule has 0 aliphatic heterocycles. The number of rotatable bonds is 7. The molecule has 0 aromatic rings. The fourth-order valence-electron chi connectivity index (χ4n) is 2.97. The van der Waals surface area contributed by atoms with E-state index in [2.05, 4.69) is 0 Å². The maximum absolute atomic E-state index is 12.1. The molecule has 0 heterocycles. The molecule has 0 spiro atoms. The van der Waals surface area contributed by atoms with Gasteiger partial charge in [0.05, 0.1) is 24.0 Å². The third-order valence-corrected chi connectivity index (χ3v) is 5.86. The van der Waals surface area contributed by atoms with Crippen LogP contribution in [0.25, 0.3) is 0 Å². The van der Waals surface area contributed by atoms with Crippen LogP contribution in [-0.2, 0) is 22.9 Å².